The average molecular weight is 432 g/mol. The molecule has 2 atom stereocenters. The Bertz CT molecular complexity index is 577. The van der Waals surface area contributed by atoms with E-state index in [-0.39, 0.29) is 0 Å². The number of rotatable bonds is 5. The highest BCUT2D eigenvalue weighted by atomic mass is 127. The Morgan fingerprint density at radius 3 is 3.05 bits per heavy atom. The van der Waals surface area contributed by atoms with Gasteiger partial charge in [0.2, 0.25) is 0 Å². The molecule has 5 heteroatoms. The van der Waals surface area contributed by atoms with Crippen LogP contribution in [0.3, 0.4) is 0 Å². The molecule has 1 aliphatic carbocycles. The number of hydrogen-bond donors (Lipinski definition) is 1. The fourth-order valence-electron chi connectivity index (χ4n) is 3.01. The van der Waals surface area contributed by atoms with Crippen LogP contribution in [0.5, 0.6) is 0 Å². The molecule has 1 N–H and O–H groups in total. The van der Waals surface area contributed by atoms with Crippen LogP contribution in [0.4, 0.5) is 0 Å². The highest BCUT2D eigenvalue weighted by Crippen LogP contribution is 2.36. The lowest BCUT2D eigenvalue weighted by molar-refractivity contribution is 0.279. The summed E-state index contributed by atoms with van der Waals surface area (Å²) in [4.78, 5) is 5.36. The second kappa shape index (κ2) is 7.08. The first-order chi connectivity index (χ1) is 10.1. The van der Waals surface area contributed by atoms with Crippen molar-refractivity contribution in [1.29, 1.82) is 0 Å². The van der Waals surface area contributed by atoms with E-state index in [1.807, 2.05) is 22.7 Å². The molecule has 114 valence electrons. The molecule has 0 saturated heterocycles. The third-order valence-corrected chi connectivity index (χ3v) is 7.08. The molecule has 3 rings (SSSR count). The topological polar surface area (TPSA) is 15.3 Å². The first-order valence-electron chi connectivity index (χ1n) is 7.36. The summed E-state index contributed by atoms with van der Waals surface area (Å²) in [5.74, 6) is 0. The van der Waals surface area contributed by atoms with Crippen molar-refractivity contribution in [3.05, 3.63) is 41.8 Å². The smallest absolute Gasteiger partial charge is 0.0659 e. The number of halogens is 1. The van der Waals surface area contributed by atoms with Crippen molar-refractivity contribution in [3.63, 3.8) is 0 Å². The highest BCUT2D eigenvalue weighted by molar-refractivity contribution is 14.1. The lowest BCUT2D eigenvalue weighted by Crippen LogP contribution is -2.33. The van der Waals surface area contributed by atoms with Crippen LogP contribution in [-0.2, 0) is 6.42 Å². The Morgan fingerprint density at radius 2 is 2.33 bits per heavy atom. The quantitative estimate of drug-likeness (QED) is 0.690. The van der Waals surface area contributed by atoms with Crippen molar-refractivity contribution in [2.45, 2.75) is 31.3 Å². The van der Waals surface area contributed by atoms with Gasteiger partial charge in [0.1, 0.15) is 0 Å². The van der Waals surface area contributed by atoms with Crippen LogP contribution in [0.2, 0.25) is 0 Å². The zero-order chi connectivity index (χ0) is 14.8. The van der Waals surface area contributed by atoms with E-state index in [1.165, 1.54) is 27.0 Å². The van der Waals surface area contributed by atoms with Crippen molar-refractivity contribution in [3.8, 4) is 0 Å². The standard InChI is InChI=1S/C16H21IN2S2/c1-19(2)13(15-7-4-8-20-15)10-18-12-5-3-6-14-11(12)9-16(17)21-14/h4,7-9,12-13,18H,3,5-6,10H2,1-2H3. The third-order valence-electron chi connectivity index (χ3n) is 4.14. The fraction of sp³-hybridized carbons (Fsp3) is 0.500. The van der Waals surface area contributed by atoms with Crippen LogP contribution in [0.15, 0.2) is 23.6 Å². The van der Waals surface area contributed by atoms with E-state index in [9.17, 15) is 0 Å². The summed E-state index contributed by atoms with van der Waals surface area (Å²) in [5, 5.41) is 6.00. The molecule has 0 spiro atoms. The van der Waals surface area contributed by atoms with E-state index < -0.39 is 0 Å². The fourth-order valence-corrected chi connectivity index (χ4v) is 6.05. The van der Waals surface area contributed by atoms with Crippen molar-refractivity contribution in [1.82, 2.24) is 10.2 Å². The molecule has 2 aromatic heterocycles. The second-order valence-electron chi connectivity index (χ2n) is 5.78. The van der Waals surface area contributed by atoms with Gasteiger partial charge in [0, 0.05) is 22.3 Å². The van der Waals surface area contributed by atoms with Gasteiger partial charge in [0.05, 0.1) is 8.93 Å². The van der Waals surface area contributed by atoms with E-state index in [2.05, 4.69) is 70.5 Å². The molecule has 21 heavy (non-hydrogen) atoms. The maximum atomic E-state index is 3.83. The lowest BCUT2D eigenvalue weighted by atomic mass is 9.94. The van der Waals surface area contributed by atoms with Gasteiger partial charge in [-0.3, -0.25) is 0 Å². The van der Waals surface area contributed by atoms with Crippen molar-refractivity contribution >= 4 is 45.3 Å². The van der Waals surface area contributed by atoms with Gasteiger partial charge in [0.25, 0.3) is 0 Å². The van der Waals surface area contributed by atoms with Crippen LogP contribution < -0.4 is 5.32 Å². The number of nitrogens with one attached hydrogen (secondary N) is 1. The van der Waals surface area contributed by atoms with Crippen LogP contribution >= 0.6 is 45.3 Å². The molecule has 0 amide bonds. The zero-order valence-corrected chi connectivity index (χ0v) is 16.2. The van der Waals surface area contributed by atoms with Gasteiger partial charge < -0.3 is 10.2 Å². The summed E-state index contributed by atoms with van der Waals surface area (Å²) in [7, 11) is 4.35. The predicted molar refractivity (Wildman–Crippen MR) is 101 cm³/mol. The first kappa shape index (κ1) is 15.9. The monoisotopic (exact) mass is 432 g/mol. The largest absolute Gasteiger partial charge is 0.308 e. The molecule has 2 heterocycles. The summed E-state index contributed by atoms with van der Waals surface area (Å²) in [6.07, 6.45) is 3.85. The van der Waals surface area contributed by atoms with Gasteiger partial charge in [-0.05, 0) is 79.0 Å². The second-order valence-corrected chi connectivity index (χ2v) is 9.79. The van der Waals surface area contributed by atoms with Crippen molar-refractivity contribution in [2.75, 3.05) is 20.6 Å². The normalized spacial score (nSPS) is 19.7. The average Bonchev–Trinajstić information content (AvgIpc) is 3.07. The Hall–Kier alpha value is 0.0500. The molecular formula is C16H21IN2S2. The summed E-state index contributed by atoms with van der Waals surface area (Å²) in [6, 6.07) is 7.78. The van der Waals surface area contributed by atoms with Gasteiger partial charge >= 0.3 is 0 Å². The van der Waals surface area contributed by atoms with Crippen LogP contribution in [0, 0.1) is 2.88 Å². The Kier molecular flexibility index (Phi) is 5.37. The summed E-state index contributed by atoms with van der Waals surface area (Å²) in [5.41, 5.74) is 1.55. The van der Waals surface area contributed by atoms with Crippen LogP contribution in [-0.4, -0.2) is 25.5 Å². The summed E-state index contributed by atoms with van der Waals surface area (Å²) in [6.45, 7) is 1.02. The van der Waals surface area contributed by atoms with Gasteiger partial charge in [-0.1, -0.05) is 6.07 Å². The van der Waals surface area contributed by atoms with E-state index in [4.69, 9.17) is 0 Å². The maximum Gasteiger partial charge on any atom is 0.0659 e. The van der Waals surface area contributed by atoms with E-state index in [0.717, 1.165) is 6.54 Å². The number of hydrogen-bond acceptors (Lipinski definition) is 4. The van der Waals surface area contributed by atoms with Crippen LogP contribution in [0.1, 0.15) is 40.2 Å². The molecule has 0 aromatic carbocycles. The van der Waals surface area contributed by atoms with Crippen LogP contribution in [0.25, 0.3) is 0 Å². The number of thiophene rings is 2. The Labute approximate surface area is 148 Å². The van der Waals surface area contributed by atoms with E-state index in [0.29, 0.717) is 12.1 Å². The Morgan fingerprint density at radius 1 is 1.48 bits per heavy atom. The SMILES string of the molecule is CN(C)C(CNC1CCCc2sc(I)cc21)c1cccs1. The molecule has 0 bridgehead atoms. The molecule has 0 radical (unpaired) electrons. The minimum Gasteiger partial charge on any atom is -0.308 e. The molecular weight excluding hydrogens is 411 g/mol. The van der Waals surface area contributed by atoms with Crippen molar-refractivity contribution in [2.24, 2.45) is 0 Å². The first-order valence-corrected chi connectivity index (χ1v) is 10.1. The lowest BCUT2D eigenvalue weighted by Gasteiger charge is -2.29. The highest BCUT2D eigenvalue weighted by Gasteiger charge is 2.24. The molecule has 2 aromatic rings. The molecule has 0 aliphatic heterocycles. The van der Waals surface area contributed by atoms with E-state index in [1.54, 1.807) is 10.4 Å². The minimum absolute atomic E-state index is 0.466. The number of aryl methyl sites for hydroxylation is 1. The Balaban J connectivity index is 1.70. The molecule has 0 fully saturated rings. The van der Waals surface area contributed by atoms with Gasteiger partial charge in [-0.2, -0.15) is 0 Å². The molecule has 2 nitrogen and oxygen atoms in total. The predicted octanol–water partition coefficient (Wildman–Crippen LogP) is 4.68. The van der Waals surface area contributed by atoms with Gasteiger partial charge in [-0.25, -0.2) is 0 Å². The summed E-state index contributed by atoms with van der Waals surface area (Å²) < 4.78 is 1.42. The minimum atomic E-state index is 0.466. The van der Waals surface area contributed by atoms with Gasteiger partial charge in [-0.15, -0.1) is 22.7 Å². The third kappa shape index (κ3) is 3.69. The zero-order valence-electron chi connectivity index (χ0n) is 12.4. The number of nitrogens with zero attached hydrogens (tertiary/aromatic N) is 1. The number of fused-ring (bicyclic) bond motifs is 1. The number of likely N-dealkylation sites (N-methyl/N-ethyl adjacent to an activating group) is 1. The molecule has 0 saturated carbocycles. The van der Waals surface area contributed by atoms with E-state index >= 15 is 0 Å². The van der Waals surface area contributed by atoms with Gasteiger partial charge in [0.15, 0.2) is 0 Å². The maximum absolute atomic E-state index is 3.83. The molecule has 1 aliphatic rings. The molecule has 2 unspecified atom stereocenters. The summed E-state index contributed by atoms with van der Waals surface area (Å²) >= 11 is 6.28. The van der Waals surface area contributed by atoms with Crippen molar-refractivity contribution < 1.29 is 0 Å².